The molecular weight excluding hydrogens is 233 g/mol. The third-order valence-corrected chi connectivity index (χ3v) is 2.69. The van der Waals surface area contributed by atoms with Crippen LogP contribution in [0, 0.1) is 17.1 Å². The number of nitrogens with zero attached hydrogens (tertiary/aromatic N) is 3. The second-order valence-electron chi connectivity index (χ2n) is 3.90. The van der Waals surface area contributed by atoms with Crippen molar-refractivity contribution in [1.82, 2.24) is 9.55 Å². The van der Waals surface area contributed by atoms with Gasteiger partial charge in [-0.1, -0.05) is 6.07 Å². The van der Waals surface area contributed by atoms with Gasteiger partial charge in [0.25, 0.3) is 0 Å². The summed E-state index contributed by atoms with van der Waals surface area (Å²) < 4.78 is 15.5. The molecule has 0 spiro atoms. The number of hydrogen-bond donors (Lipinski definition) is 1. The number of benzene rings is 1. The molecule has 0 atom stereocenters. The summed E-state index contributed by atoms with van der Waals surface area (Å²) in [6.45, 7) is 0.369. The zero-order chi connectivity index (χ0) is 13.0. The van der Waals surface area contributed by atoms with Crippen LogP contribution in [0.5, 0.6) is 0 Å². The highest BCUT2D eigenvalue weighted by Gasteiger charge is 2.07. The van der Waals surface area contributed by atoms with E-state index < -0.39 is 5.82 Å². The maximum Gasteiger partial charge on any atom is 0.129 e. The molecule has 92 valence electrons. The van der Waals surface area contributed by atoms with Gasteiger partial charge in [0.05, 0.1) is 24.5 Å². The van der Waals surface area contributed by atoms with Crippen LogP contribution in [0.2, 0.25) is 0 Å². The molecule has 0 aliphatic heterocycles. The Bertz CT molecular complexity index is 586. The average Bonchev–Trinajstić information content (AvgIpc) is 2.80. The Morgan fingerprint density at radius 2 is 2.28 bits per heavy atom. The summed E-state index contributed by atoms with van der Waals surface area (Å²) in [5.41, 5.74) is 1.64. The molecule has 1 N–H and O–H groups in total. The Hall–Kier alpha value is -2.19. The molecule has 0 saturated heterocycles. The number of aliphatic hydroxyl groups is 1. The van der Waals surface area contributed by atoms with E-state index in [2.05, 4.69) is 4.98 Å². The molecule has 4 nitrogen and oxygen atoms in total. The van der Waals surface area contributed by atoms with Crippen LogP contribution in [-0.2, 0) is 13.0 Å². The van der Waals surface area contributed by atoms with E-state index in [9.17, 15) is 4.39 Å². The van der Waals surface area contributed by atoms with Gasteiger partial charge in [0.15, 0.2) is 0 Å². The highest BCUT2D eigenvalue weighted by atomic mass is 19.1. The van der Waals surface area contributed by atoms with E-state index in [1.165, 1.54) is 6.07 Å². The van der Waals surface area contributed by atoms with Gasteiger partial charge in [-0.25, -0.2) is 9.37 Å². The molecule has 0 aliphatic rings. The number of rotatable bonds is 4. The molecule has 18 heavy (non-hydrogen) atoms. The van der Waals surface area contributed by atoms with Gasteiger partial charge in [0, 0.05) is 30.5 Å². The molecule has 1 heterocycles. The van der Waals surface area contributed by atoms with Gasteiger partial charge in [-0.05, 0) is 12.1 Å². The monoisotopic (exact) mass is 245 g/mol. The fourth-order valence-electron chi connectivity index (χ4n) is 1.74. The van der Waals surface area contributed by atoms with Crippen molar-refractivity contribution in [1.29, 1.82) is 5.26 Å². The molecule has 0 saturated carbocycles. The van der Waals surface area contributed by atoms with Crippen LogP contribution in [0.15, 0.2) is 30.7 Å². The molecule has 1 aromatic carbocycles. The van der Waals surface area contributed by atoms with E-state index in [0.29, 0.717) is 24.1 Å². The normalized spacial score (nSPS) is 10.3. The maximum atomic E-state index is 13.7. The lowest BCUT2D eigenvalue weighted by molar-refractivity contribution is 0.296. The molecule has 5 heteroatoms. The van der Waals surface area contributed by atoms with Gasteiger partial charge >= 0.3 is 0 Å². The van der Waals surface area contributed by atoms with E-state index in [0.717, 1.165) is 5.69 Å². The predicted octanol–water partition coefficient (Wildman–Crippen LogP) is 1.48. The van der Waals surface area contributed by atoms with Gasteiger partial charge in [0.2, 0.25) is 0 Å². The lowest BCUT2D eigenvalue weighted by atomic mass is 10.1. The van der Waals surface area contributed by atoms with E-state index in [4.69, 9.17) is 10.4 Å². The third kappa shape index (κ3) is 2.55. The van der Waals surface area contributed by atoms with E-state index in [1.807, 2.05) is 6.07 Å². The van der Waals surface area contributed by atoms with Crippen molar-refractivity contribution in [2.24, 2.45) is 0 Å². The molecule has 1 aromatic heterocycles. The largest absolute Gasteiger partial charge is 0.396 e. The molecule has 0 amide bonds. The molecule has 0 bridgehead atoms. The Morgan fingerprint density at radius 3 is 2.94 bits per heavy atom. The summed E-state index contributed by atoms with van der Waals surface area (Å²) in [6.07, 6.45) is 3.73. The Morgan fingerprint density at radius 1 is 1.44 bits per heavy atom. The zero-order valence-corrected chi connectivity index (χ0v) is 9.67. The van der Waals surface area contributed by atoms with E-state index >= 15 is 0 Å². The van der Waals surface area contributed by atoms with Crippen LogP contribution in [0.3, 0.4) is 0 Å². The van der Waals surface area contributed by atoms with Crippen molar-refractivity contribution in [2.45, 2.75) is 13.0 Å². The summed E-state index contributed by atoms with van der Waals surface area (Å²) in [6, 6.07) is 6.29. The first-order valence-corrected chi connectivity index (χ1v) is 5.53. The molecule has 0 radical (unpaired) electrons. The number of imidazole rings is 1. The lowest BCUT2D eigenvalue weighted by Crippen LogP contribution is -2.06. The second kappa shape index (κ2) is 5.43. The Balaban J connectivity index is 2.23. The van der Waals surface area contributed by atoms with Gasteiger partial charge in [0.1, 0.15) is 5.82 Å². The summed E-state index contributed by atoms with van der Waals surface area (Å²) in [7, 11) is 0. The number of aromatic nitrogens is 2. The van der Waals surface area contributed by atoms with Crippen molar-refractivity contribution >= 4 is 0 Å². The minimum atomic E-state index is -0.405. The Labute approximate surface area is 104 Å². The number of aliphatic hydroxyl groups excluding tert-OH is 1. The first-order chi connectivity index (χ1) is 8.74. The highest BCUT2D eigenvalue weighted by molar-refractivity contribution is 5.33. The molecule has 0 aliphatic carbocycles. The number of hydrogen-bond acceptors (Lipinski definition) is 3. The van der Waals surface area contributed by atoms with Crippen molar-refractivity contribution in [3.63, 3.8) is 0 Å². The van der Waals surface area contributed by atoms with Crippen LogP contribution < -0.4 is 0 Å². The average molecular weight is 245 g/mol. The van der Waals surface area contributed by atoms with Crippen LogP contribution in [-0.4, -0.2) is 21.3 Å². The van der Waals surface area contributed by atoms with Crippen molar-refractivity contribution in [3.8, 4) is 6.07 Å². The summed E-state index contributed by atoms with van der Waals surface area (Å²) in [4.78, 5) is 3.98. The predicted molar refractivity (Wildman–Crippen MR) is 63.2 cm³/mol. The van der Waals surface area contributed by atoms with Crippen LogP contribution in [0.25, 0.3) is 0 Å². The maximum absolute atomic E-state index is 13.7. The zero-order valence-electron chi connectivity index (χ0n) is 9.67. The first-order valence-electron chi connectivity index (χ1n) is 5.53. The second-order valence-corrected chi connectivity index (χ2v) is 3.90. The fourth-order valence-corrected chi connectivity index (χ4v) is 1.74. The van der Waals surface area contributed by atoms with E-state index in [-0.39, 0.29) is 6.61 Å². The fraction of sp³-hybridized carbons (Fsp3) is 0.231. The SMILES string of the molecule is N#Cc1ccc(Cn2cncc2CCO)c(F)c1. The molecule has 2 aromatic rings. The van der Waals surface area contributed by atoms with Gasteiger partial charge in [-0.2, -0.15) is 5.26 Å². The van der Waals surface area contributed by atoms with Crippen molar-refractivity contribution < 1.29 is 9.50 Å². The number of nitriles is 1. The van der Waals surface area contributed by atoms with Crippen LogP contribution in [0.1, 0.15) is 16.8 Å². The summed E-state index contributed by atoms with van der Waals surface area (Å²) in [5.74, 6) is -0.405. The highest BCUT2D eigenvalue weighted by Crippen LogP contribution is 2.13. The summed E-state index contributed by atoms with van der Waals surface area (Å²) in [5, 5.41) is 17.6. The standard InChI is InChI=1S/C13H12FN3O/c14-13-5-10(6-15)1-2-11(13)8-17-9-16-7-12(17)3-4-18/h1-2,5,7,9,18H,3-4,8H2. The minimum Gasteiger partial charge on any atom is -0.396 e. The Kier molecular flexibility index (Phi) is 3.70. The van der Waals surface area contributed by atoms with Crippen LogP contribution in [0.4, 0.5) is 4.39 Å². The smallest absolute Gasteiger partial charge is 0.129 e. The summed E-state index contributed by atoms with van der Waals surface area (Å²) >= 11 is 0. The molecule has 0 fully saturated rings. The van der Waals surface area contributed by atoms with Gasteiger partial charge in [-0.15, -0.1) is 0 Å². The topological polar surface area (TPSA) is 61.8 Å². The van der Waals surface area contributed by atoms with Gasteiger partial charge in [-0.3, -0.25) is 0 Å². The van der Waals surface area contributed by atoms with Gasteiger partial charge < -0.3 is 9.67 Å². The molecule has 0 unspecified atom stereocenters. The van der Waals surface area contributed by atoms with Crippen molar-refractivity contribution in [3.05, 3.63) is 53.4 Å². The first kappa shape index (κ1) is 12.3. The number of halogens is 1. The minimum absolute atomic E-state index is 0.0293. The molecule has 2 rings (SSSR count). The third-order valence-electron chi connectivity index (χ3n) is 2.69. The van der Waals surface area contributed by atoms with Crippen molar-refractivity contribution in [2.75, 3.05) is 6.61 Å². The van der Waals surface area contributed by atoms with Crippen LogP contribution >= 0.6 is 0 Å². The lowest BCUT2D eigenvalue weighted by Gasteiger charge is -2.08. The van der Waals surface area contributed by atoms with E-state index in [1.54, 1.807) is 29.2 Å². The molecular formula is C13H12FN3O. The quantitative estimate of drug-likeness (QED) is 0.887.